The van der Waals surface area contributed by atoms with E-state index in [1.807, 2.05) is 20.1 Å². The summed E-state index contributed by atoms with van der Waals surface area (Å²) in [5.74, 6) is 0.791. The summed E-state index contributed by atoms with van der Waals surface area (Å²) in [6.45, 7) is 4.00. The monoisotopic (exact) mass is 283 g/mol. The van der Waals surface area contributed by atoms with Crippen LogP contribution in [-0.2, 0) is 4.74 Å². The third-order valence-electron chi connectivity index (χ3n) is 2.54. The van der Waals surface area contributed by atoms with E-state index in [2.05, 4.69) is 4.99 Å². The first-order valence-electron chi connectivity index (χ1n) is 5.54. The Balaban J connectivity index is 2.46. The van der Waals surface area contributed by atoms with Crippen LogP contribution < -0.4 is 0 Å². The molecule has 1 aromatic carbocycles. The molecule has 0 saturated heterocycles. The third kappa shape index (κ3) is 2.54. The lowest BCUT2D eigenvalue weighted by atomic mass is 10.1. The number of cyclic esters (lactones) is 1. The van der Waals surface area contributed by atoms with Gasteiger partial charge in [0.05, 0.1) is 21.7 Å². The van der Waals surface area contributed by atoms with Gasteiger partial charge in [0.2, 0.25) is 5.90 Å². The van der Waals surface area contributed by atoms with E-state index >= 15 is 0 Å². The fourth-order valence-corrected chi connectivity index (χ4v) is 2.87. The standard InChI is InChI=1S/C13H14ClNO2S/c1-13(2,7-18-3)15-11-10-8(12(16)17-11)5-4-6-9(10)14/h4-6H,7H2,1-3H3. The average Bonchev–Trinajstić information content (AvgIpc) is 2.56. The van der Waals surface area contributed by atoms with E-state index in [1.165, 1.54) is 0 Å². The van der Waals surface area contributed by atoms with Gasteiger partial charge in [-0.05, 0) is 32.2 Å². The van der Waals surface area contributed by atoms with Crippen molar-refractivity contribution in [2.24, 2.45) is 4.99 Å². The van der Waals surface area contributed by atoms with E-state index in [4.69, 9.17) is 16.3 Å². The van der Waals surface area contributed by atoms with E-state index < -0.39 is 0 Å². The highest BCUT2D eigenvalue weighted by Gasteiger charge is 2.32. The first-order valence-corrected chi connectivity index (χ1v) is 7.31. The average molecular weight is 284 g/mol. The molecule has 2 rings (SSSR count). The highest BCUT2D eigenvalue weighted by atomic mass is 35.5. The molecule has 0 atom stereocenters. The molecule has 1 aliphatic rings. The Kier molecular flexibility index (Phi) is 3.69. The number of rotatable bonds is 3. The van der Waals surface area contributed by atoms with Crippen LogP contribution in [0.15, 0.2) is 23.2 Å². The summed E-state index contributed by atoms with van der Waals surface area (Å²) >= 11 is 7.82. The Morgan fingerprint density at radius 2 is 2.17 bits per heavy atom. The third-order valence-corrected chi connectivity index (χ3v) is 3.85. The van der Waals surface area contributed by atoms with Crippen molar-refractivity contribution in [2.75, 3.05) is 12.0 Å². The molecule has 1 aromatic rings. The smallest absolute Gasteiger partial charge is 0.345 e. The molecule has 0 radical (unpaired) electrons. The second-order valence-corrected chi connectivity index (χ2v) is 5.99. The molecule has 0 amide bonds. The Hall–Kier alpha value is -1.00. The van der Waals surface area contributed by atoms with Crippen molar-refractivity contribution in [3.8, 4) is 0 Å². The fraction of sp³-hybridized carbons (Fsp3) is 0.385. The predicted octanol–water partition coefficient (Wildman–Crippen LogP) is 3.40. The minimum absolute atomic E-state index is 0.296. The summed E-state index contributed by atoms with van der Waals surface area (Å²) in [6, 6.07) is 5.17. The zero-order chi connectivity index (χ0) is 13.3. The molecule has 0 unspecified atom stereocenters. The molecule has 5 heteroatoms. The molecule has 0 aromatic heterocycles. The van der Waals surface area contributed by atoms with Gasteiger partial charge >= 0.3 is 5.97 Å². The number of carbonyl (C=O) groups is 1. The number of thioether (sulfide) groups is 1. The van der Waals surface area contributed by atoms with E-state index in [1.54, 1.807) is 30.0 Å². The van der Waals surface area contributed by atoms with Crippen molar-refractivity contribution in [1.82, 2.24) is 0 Å². The van der Waals surface area contributed by atoms with Crippen LogP contribution in [0, 0.1) is 0 Å². The van der Waals surface area contributed by atoms with Gasteiger partial charge < -0.3 is 4.74 Å². The van der Waals surface area contributed by atoms with Gasteiger partial charge in [0.25, 0.3) is 0 Å². The largest absolute Gasteiger partial charge is 0.403 e. The number of nitrogens with zero attached hydrogens (tertiary/aromatic N) is 1. The number of carbonyl (C=O) groups excluding carboxylic acids is 1. The second-order valence-electron chi connectivity index (χ2n) is 4.71. The molecule has 3 nitrogen and oxygen atoms in total. The SMILES string of the molecule is CSCC(C)(C)N=C1OC(=O)c2cccc(Cl)c21. The molecule has 1 heterocycles. The molecule has 96 valence electrons. The van der Waals surface area contributed by atoms with Crippen molar-refractivity contribution in [3.63, 3.8) is 0 Å². The lowest BCUT2D eigenvalue weighted by Gasteiger charge is -2.18. The van der Waals surface area contributed by atoms with Crippen LogP contribution in [0.5, 0.6) is 0 Å². The fourth-order valence-electron chi connectivity index (χ4n) is 1.84. The summed E-state index contributed by atoms with van der Waals surface area (Å²) in [6.07, 6.45) is 2.02. The lowest BCUT2D eigenvalue weighted by Crippen LogP contribution is -2.23. The molecule has 0 fully saturated rings. The zero-order valence-corrected chi connectivity index (χ0v) is 12.1. The van der Waals surface area contributed by atoms with Gasteiger partial charge in [-0.25, -0.2) is 9.79 Å². The molecule has 1 aliphatic heterocycles. The number of ether oxygens (including phenoxy) is 1. The maximum atomic E-state index is 11.7. The van der Waals surface area contributed by atoms with E-state index in [-0.39, 0.29) is 11.5 Å². The van der Waals surface area contributed by atoms with Gasteiger partial charge in [0, 0.05) is 5.75 Å². The highest BCUT2D eigenvalue weighted by molar-refractivity contribution is 7.98. The van der Waals surface area contributed by atoms with Crippen LogP contribution in [0.25, 0.3) is 0 Å². The molecular formula is C13H14ClNO2S. The molecule has 0 bridgehead atoms. The van der Waals surface area contributed by atoms with Gasteiger partial charge in [-0.3, -0.25) is 0 Å². The zero-order valence-electron chi connectivity index (χ0n) is 10.5. The quantitative estimate of drug-likeness (QED) is 0.798. The minimum Gasteiger partial charge on any atom is -0.403 e. The lowest BCUT2D eigenvalue weighted by molar-refractivity contribution is 0.0736. The Morgan fingerprint density at radius 3 is 2.83 bits per heavy atom. The Morgan fingerprint density at radius 1 is 1.44 bits per heavy atom. The first-order chi connectivity index (χ1) is 8.44. The summed E-state index contributed by atoms with van der Waals surface area (Å²) in [5.41, 5.74) is 0.801. The topological polar surface area (TPSA) is 38.7 Å². The van der Waals surface area contributed by atoms with E-state index in [0.29, 0.717) is 22.0 Å². The van der Waals surface area contributed by atoms with Crippen molar-refractivity contribution >= 4 is 35.2 Å². The Labute approximate surface area is 116 Å². The van der Waals surface area contributed by atoms with Crippen molar-refractivity contribution in [1.29, 1.82) is 0 Å². The van der Waals surface area contributed by atoms with Gasteiger partial charge in [0.15, 0.2) is 0 Å². The predicted molar refractivity (Wildman–Crippen MR) is 75.9 cm³/mol. The van der Waals surface area contributed by atoms with Crippen LogP contribution >= 0.6 is 23.4 Å². The number of hydrogen-bond acceptors (Lipinski definition) is 4. The van der Waals surface area contributed by atoms with Crippen molar-refractivity contribution in [3.05, 3.63) is 34.3 Å². The molecule has 0 N–H and O–H groups in total. The van der Waals surface area contributed by atoms with Crippen molar-refractivity contribution < 1.29 is 9.53 Å². The van der Waals surface area contributed by atoms with Crippen LogP contribution in [0.1, 0.15) is 29.8 Å². The van der Waals surface area contributed by atoms with Crippen LogP contribution in [0.4, 0.5) is 0 Å². The van der Waals surface area contributed by atoms with E-state index in [0.717, 1.165) is 5.75 Å². The minimum atomic E-state index is -0.383. The van der Waals surface area contributed by atoms with Gasteiger partial charge in [-0.2, -0.15) is 11.8 Å². The first kappa shape index (κ1) is 13.4. The van der Waals surface area contributed by atoms with Crippen LogP contribution in [-0.4, -0.2) is 29.4 Å². The normalized spacial score (nSPS) is 16.9. The van der Waals surface area contributed by atoms with Gasteiger partial charge in [-0.1, -0.05) is 17.7 Å². The summed E-state index contributed by atoms with van der Waals surface area (Å²) in [4.78, 5) is 16.2. The van der Waals surface area contributed by atoms with Gasteiger partial charge in [0.1, 0.15) is 0 Å². The maximum absolute atomic E-state index is 11.7. The number of fused-ring (bicyclic) bond motifs is 1. The summed E-state index contributed by atoms with van der Waals surface area (Å²) in [5, 5.41) is 0.497. The highest BCUT2D eigenvalue weighted by Crippen LogP contribution is 2.29. The molecule has 18 heavy (non-hydrogen) atoms. The number of esters is 1. The summed E-state index contributed by atoms with van der Waals surface area (Å²) < 4.78 is 5.21. The molecule has 0 spiro atoms. The molecular weight excluding hydrogens is 270 g/mol. The maximum Gasteiger partial charge on any atom is 0.345 e. The van der Waals surface area contributed by atoms with Gasteiger partial charge in [-0.15, -0.1) is 0 Å². The summed E-state index contributed by atoms with van der Waals surface area (Å²) in [7, 11) is 0. The second kappa shape index (κ2) is 4.94. The van der Waals surface area contributed by atoms with Crippen LogP contribution in [0.3, 0.4) is 0 Å². The number of hydrogen-bond donors (Lipinski definition) is 0. The molecule has 0 saturated carbocycles. The van der Waals surface area contributed by atoms with Crippen molar-refractivity contribution in [2.45, 2.75) is 19.4 Å². The number of halogens is 1. The van der Waals surface area contributed by atoms with E-state index in [9.17, 15) is 4.79 Å². The number of aliphatic imine (C=N–C) groups is 1. The Bertz CT molecular complexity index is 526. The molecule has 0 aliphatic carbocycles. The number of benzene rings is 1. The van der Waals surface area contributed by atoms with Crippen LogP contribution in [0.2, 0.25) is 5.02 Å².